The Morgan fingerprint density at radius 2 is 2.06 bits per heavy atom. The average Bonchev–Trinajstić information content (AvgIpc) is 2.57. The first-order valence-corrected chi connectivity index (χ1v) is 5.32. The second kappa shape index (κ2) is 2.65. The minimum Gasteiger partial charge on any atom is -0.312 e. The summed E-state index contributed by atoms with van der Waals surface area (Å²) in [4.78, 5) is 23.7. The van der Waals surface area contributed by atoms with Crippen LogP contribution in [0.4, 0.5) is 13.2 Å². The largest absolute Gasteiger partial charge is 0.471 e. The maximum Gasteiger partial charge on any atom is 0.471 e. The number of Topliss-reactive ketones (excluding diaryl/α,β-unsaturated/α-hetero) is 1. The van der Waals surface area contributed by atoms with E-state index in [0.717, 1.165) is 0 Å². The third kappa shape index (κ3) is 1.03. The van der Waals surface area contributed by atoms with Crippen molar-refractivity contribution in [1.29, 1.82) is 0 Å². The number of amides is 1. The van der Waals surface area contributed by atoms with Gasteiger partial charge in [0.05, 0.1) is 10.9 Å². The molecule has 3 nitrogen and oxygen atoms in total. The van der Waals surface area contributed by atoms with Crippen LogP contribution >= 0.6 is 11.3 Å². The number of fused-ring (bicyclic) bond motifs is 3. The number of nitrogens with zero attached hydrogens (tertiary/aromatic N) is 1. The molecule has 1 aliphatic heterocycles. The first-order valence-electron chi connectivity index (χ1n) is 4.44. The van der Waals surface area contributed by atoms with Crippen molar-refractivity contribution in [3.8, 4) is 0 Å². The lowest BCUT2D eigenvalue weighted by molar-refractivity contribution is -0.180. The summed E-state index contributed by atoms with van der Waals surface area (Å²) in [6.07, 6.45) is -4.90. The lowest BCUT2D eigenvalue weighted by Crippen LogP contribution is -2.33. The third-order valence-electron chi connectivity index (χ3n) is 2.79. The quantitative estimate of drug-likeness (QED) is 0.655. The standard InChI is InChI=1S/C9H4F3NO2S/c10-9(11,12)8(15)13-4-3-1-2-16-7(3)6(14)5(4)13/h1-2,4-5H. The molecule has 84 valence electrons. The van der Waals surface area contributed by atoms with Gasteiger partial charge < -0.3 is 4.90 Å². The molecule has 1 amide bonds. The van der Waals surface area contributed by atoms with Crippen LogP contribution in [-0.4, -0.2) is 28.8 Å². The molecule has 3 rings (SSSR count). The molecule has 2 heterocycles. The van der Waals surface area contributed by atoms with Crippen LogP contribution in [0.1, 0.15) is 21.3 Å². The second-order valence-corrected chi connectivity index (χ2v) is 4.59. The molecule has 0 aromatic carbocycles. The van der Waals surface area contributed by atoms with Crippen molar-refractivity contribution in [2.24, 2.45) is 0 Å². The van der Waals surface area contributed by atoms with E-state index in [2.05, 4.69) is 0 Å². The first-order chi connectivity index (χ1) is 7.43. The molecular formula is C9H4F3NO2S. The predicted molar refractivity (Wildman–Crippen MR) is 48.1 cm³/mol. The number of ketones is 1. The van der Waals surface area contributed by atoms with Crippen molar-refractivity contribution in [1.82, 2.24) is 4.90 Å². The van der Waals surface area contributed by atoms with Crippen molar-refractivity contribution < 1.29 is 22.8 Å². The summed E-state index contributed by atoms with van der Waals surface area (Å²) in [5, 5.41) is 1.65. The zero-order valence-corrected chi connectivity index (χ0v) is 8.43. The highest BCUT2D eigenvalue weighted by molar-refractivity contribution is 7.12. The van der Waals surface area contributed by atoms with Crippen LogP contribution in [0.5, 0.6) is 0 Å². The van der Waals surface area contributed by atoms with Gasteiger partial charge >= 0.3 is 12.1 Å². The van der Waals surface area contributed by atoms with Crippen LogP contribution in [0.15, 0.2) is 11.4 Å². The lowest BCUT2D eigenvalue weighted by Gasteiger charge is -2.09. The number of hydrogen-bond acceptors (Lipinski definition) is 3. The molecule has 1 aromatic heterocycles. The highest BCUT2D eigenvalue weighted by Crippen LogP contribution is 2.54. The summed E-state index contributed by atoms with van der Waals surface area (Å²) >= 11 is 1.21. The zero-order chi connectivity index (χ0) is 11.7. The number of rotatable bonds is 0. The molecule has 0 saturated carbocycles. The van der Waals surface area contributed by atoms with Gasteiger partial charge in [-0.25, -0.2) is 0 Å². The van der Waals surface area contributed by atoms with Gasteiger partial charge in [-0.2, -0.15) is 13.2 Å². The van der Waals surface area contributed by atoms with E-state index >= 15 is 0 Å². The SMILES string of the molecule is O=C1c2sccc2C2C1N2C(=O)C(F)(F)F. The molecule has 2 unspecified atom stereocenters. The van der Waals surface area contributed by atoms with Crippen molar-refractivity contribution in [3.05, 3.63) is 21.9 Å². The van der Waals surface area contributed by atoms with E-state index in [1.165, 1.54) is 11.3 Å². The zero-order valence-electron chi connectivity index (χ0n) is 7.62. The van der Waals surface area contributed by atoms with Crippen molar-refractivity contribution in [2.45, 2.75) is 18.3 Å². The minimum absolute atomic E-state index is 0.368. The minimum atomic E-state index is -4.90. The Morgan fingerprint density at radius 3 is 2.69 bits per heavy atom. The normalized spacial score (nSPS) is 26.7. The fraction of sp³-hybridized carbons (Fsp3) is 0.333. The molecule has 0 spiro atoms. The van der Waals surface area contributed by atoms with Crippen LogP contribution in [0.2, 0.25) is 0 Å². The van der Waals surface area contributed by atoms with E-state index in [-0.39, 0.29) is 5.78 Å². The van der Waals surface area contributed by atoms with Crippen LogP contribution in [-0.2, 0) is 4.79 Å². The fourth-order valence-electron chi connectivity index (χ4n) is 2.11. The van der Waals surface area contributed by atoms with Gasteiger partial charge in [-0.15, -0.1) is 11.3 Å². The van der Waals surface area contributed by atoms with Gasteiger partial charge in [0.25, 0.3) is 0 Å². The van der Waals surface area contributed by atoms with Gasteiger partial charge in [-0.3, -0.25) is 9.59 Å². The molecule has 7 heteroatoms. The third-order valence-corrected chi connectivity index (χ3v) is 3.74. The Bertz CT molecular complexity index is 507. The van der Waals surface area contributed by atoms with Gasteiger partial charge in [-0.1, -0.05) is 0 Å². The predicted octanol–water partition coefficient (Wildman–Crippen LogP) is 1.76. The number of hydrogen-bond donors (Lipinski definition) is 0. The first kappa shape index (κ1) is 9.83. The molecule has 0 radical (unpaired) electrons. The Balaban J connectivity index is 1.93. The Morgan fingerprint density at radius 1 is 1.38 bits per heavy atom. The van der Waals surface area contributed by atoms with E-state index in [9.17, 15) is 22.8 Å². The molecule has 1 fully saturated rings. The van der Waals surface area contributed by atoms with E-state index in [4.69, 9.17) is 0 Å². The van der Waals surface area contributed by atoms with Gasteiger partial charge in [0.15, 0.2) is 5.78 Å². The molecule has 0 N–H and O–H groups in total. The number of alkyl halides is 3. The van der Waals surface area contributed by atoms with Gasteiger partial charge in [-0.05, 0) is 17.0 Å². The fourth-order valence-corrected chi connectivity index (χ4v) is 3.02. The number of halogens is 3. The highest BCUT2D eigenvalue weighted by atomic mass is 32.1. The lowest BCUT2D eigenvalue weighted by atomic mass is 10.2. The van der Waals surface area contributed by atoms with Crippen LogP contribution in [0.3, 0.4) is 0 Å². The van der Waals surface area contributed by atoms with E-state index in [1.807, 2.05) is 0 Å². The average molecular weight is 247 g/mol. The molecule has 1 aromatic rings. The van der Waals surface area contributed by atoms with Crippen molar-refractivity contribution >= 4 is 23.0 Å². The van der Waals surface area contributed by atoms with Crippen molar-refractivity contribution in [3.63, 3.8) is 0 Å². The molecule has 1 saturated heterocycles. The number of carbonyl (C=O) groups is 2. The van der Waals surface area contributed by atoms with Gasteiger partial charge in [0.2, 0.25) is 0 Å². The van der Waals surface area contributed by atoms with E-state index < -0.39 is 24.2 Å². The van der Waals surface area contributed by atoms with Gasteiger partial charge in [0, 0.05) is 0 Å². The maximum atomic E-state index is 12.2. The molecule has 1 aliphatic carbocycles. The monoisotopic (exact) mass is 247 g/mol. The Labute approximate surface area is 91.5 Å². The summed E-state index contributed by atoms with van der Waals surface area (Å²) in [5.41, 5.74) is 0.553. The molecule has 2 atom stereocenters. The Kier molecular flexibility index (Phi) is 1.63. The molecular weight excluding hydrogens is 243 g/mol. The maximum absolute atomic E-state index is 12.2. The summed E-state index contributed by atoms with van der Waals surface area (Å²) in [7, 11) is 0. The highest BCUT2D eigenvalue weighted by Gasteiger charge is 2.66. The van der Waals surface area contributed by atoms with E-state index in [0.29, 0.717) is 15.3 Å². The molecule has 16 heavy (non-hydrogen) atoms. The number of carbonyl (C=O) groups excluding carboxylic acids is 2. The summed E-state index contributed by atoms with van der Waals surface area (Å²) in [6, 6.07) is 0.0196. The summed E-state index contributed by atoms with van der Waals surface area (Å²) in [5.74, 6) is -2.29. The number of thiophene rings is 1. The second-order valence-electron chi connectivity index (χ2n) is 3.67. The smallest absolute Gasteiger partial charge is 0.312 e. The topological polar surface area (TPSA) is 37.1 Å². The molecule has 0 bridgehead atoms. The summed E-state index contributed by atoms with van der Waals surface area (Å²) in [6.45, 7) is 0. The molecule has 2 aliphatic rings. The van der Waals surface area contributed by atoms with Crippen molar-refractivity contribution in [2.75, 3.05) is 0 Å². The van der Waals surface area contributed by atoms with Crippen LogP contribution in [0, 0.1) is 0 Å². The van der Waals surface area contributed by atoms with Gasteiger partial charge in [0.1, 0.15) is 6.04 Å². The van der Waals surface area contributed by atoms with Crippen LogP contribution in [0.25, 0.3) is 0 Å². The summed E-state index contributed by atoms with van der Waals surface area (Å²) < 4.78 is 36.5. The van der Waals surface area contributed by atoms with Crippen LogP contribution < -0.4 is 0 Å². The van der Waals surface area contributed by atoms with E-state index in [1.54, 1.807) is 11.4 Å². The Hall–Kier alpha value is -1.37.